The third-order valence-electron chi connectivity index (χ3n) is 4.83. The quantitative estimate of drug-likeness (QED) is 0.680. The molecule has 0 amide bonds. The minimum atomic E-state index is 0.0808. The molecule has 0 N–H and O–H groups in total. The van der Waals surface area contributed by atoms with Crippen molar-refractivity contribution in [3.63, 3.8) is 0 Å². The molecule has 1 aliphatic rings. The predicted octanol–water partition coefficient (Wildman–Crippen LogP) is 3.74. The molecule has 1 aromatic heterocycles. The molecular formula is C21H23N3O2. The summed E-state index contributed by atoms with van der Waals surface area (Å²) in [5.74, 6) is 1.51. The zero-order valence-electron chi connectivity index (χ0n) is 14.8. The number of ether oxygens (including phenoxy) is 1. The van der Waals surface area contributed by atoms with Crippen LogP contribution in [0.25, 0.3) is 11.0 Å². The Labute approximate surface area is 153 Å². The maximum Gasteiger partial charge on any atom is 0.233 e. The summed E-state index contributed by atoms with van der Waals surface area (Å²) in [5, 5.41) is 0. The van der Waals surface area contributed by atoms with Crippen LogP contribution in [0.1, 0.15) is 29.9 Å². The van der Waals surface area contributed by atoms with Gasteiger partial charge in [-0.3, -0.25) is 9.36 Å². The van der Waals surface area contributed by atoms with Crippen molar-refractivity contribution >= 4 is 16.9 Å². The van der Waals surface area contributed by atoms with Gasteiger partial charge in [0, 0.05) is 13.0 Å². The van der Waals surface area contributed by atoms with E-state index in [0.717, 1.165) is 36.4 Å². The summed E-state index contributed by atoms with van der Waals surface area (Å²) in [6.07, 6.45) is 2.97. The lowest BCUT2D eigenvalue weighted by Gasteiger charge is -2.15. The second kappa shape index (κ2) is 7.70. The van der Waals surface area contributed by atoms with Gasteiger partial charge in [-0.25, -0.2) is 4.98 Å². The van der Waals surface area contributed by atoms with E-state index in [1.807, 2.05) is 54.6 Å². The van der Waals surface area contributed by atoms with Gasteiger partial charge in [-0.05, 0) is 50.2 Å². The lowest BCUT2D eigenvalue weighted by molar-refractivity contribution is 0.0884. The number of aromatic nitrogens is 2. The van der Waals surface area contributed by atoms with Crippen LogP contribution in [0, 0.1) is 0 Å². The predicted molar refractivity (Wildman–Crippen MR) is 101 cm³/mol. The van der Waals surface area contributed by atoms with Gasteiger partial charge in [0.25, 0.3) is 0 Å². The molecule has 1 aliphatic heterocycles. The molecule has 4 rings (SSSR count). The Balaban J connectivity index is 1.55. The molecule has 3 aromatic rings. The molecule has 0 spiro atoms. The normalized spacial score (nSPS) is 14.8. The number of likely N-dealkylation sites (tertiary alicyclic amines) is 1. The van der Waals surface area contributed by atoms with Crippen molar-refractivity contribution in [1.29, 1.82) is 0 Å². The fourth-order valence-corrected chi connectivity index (χ4v) is 3.49. The molecular weight excluding hydrogens is 326 g/mol. The molecule has 134 valence electrons. The first-order valence-electron chi connectivity index (χ1n) is 9.21. The van der Waals surface area contributed by atoms with Crippen LogP contribution >= 0.6 is 0 Å². The molecule has 26 heavy (non-hydrogen) atoms. The highest BCUT2D eigenvalue weighted by molar-refractivity contribution is 5.91. The van der Waals surface area contributed by atoms with Gasteiger partial charge in [0.2, 0.25) is 5.91 Å². The van der Waals surface area contributed by atoms with Crippen LogP contribution in [-0.4, -0.2) is 40.0 Å². The number of nitrogens with zero attached hydrogens (tertiary/aromatic N) is 3. The topological polar surface area (TPSA) is 47.4 Å². The summed E-state index contributed by atoms with van der Waals surface area (Å²) in [4.78, 5) is 19.9. The van der Waals surface area contributed by atoms with E-state index in [1.165, 1.54) is 12.8 Å². The van der Waals surface area contributed by atoms with Crippen LogP contribution in [0.4, 0.5) is 0 Å². The molecule has 0 bridgehead atoms. The Bertz CT molecular complexity index is 883. The third-order valence-corrected chi connectivity index (χ3v) is 4.83. The number of benzene rings is 2. The Morgan fingerprint density at radius 3 is 2.54 bits per heavy atom. The Morgan fingerprint density at radius 2 is 1.73 bits per heavy atom. The van der Waals surface area contributed by atoms with Crippen LogP contribution < -0.4 is 4.74 Å². The van der Waals surface area contributed by atoms with E-state index in [0.29, 0.717) is 12.2 Å². The SMILES string of the molecule is O=C(CCN1CCCC1)n1c(COc2ccccc2)nc2ccccc21. The smallest absolute Gasteiger partial charge is 0.233 e. The average Bonchev–Trinajstić information content (AvgIpc) is 3.32. The van der Waals surface area contributed by atoms with E-state index < -0.39 is 0 Å². The molecule has 0 saturated carbocycles. The minimum Gasteiger partial charge on any atom is -0.486 e. The minimum absolute atomic E-state index is 0.0808. The zero-order valence-corrected chi connectivity index (χ0v) is 14.8. The van der Waals surface area contributed by atoms with E-state index in [1.54, 1.807) is 4.57 Å². The molecule has 0 atom stereocenters. The molecule has 1 fully saturated rings. The van der Waals surface area contributed by atoms with E-state index in [4.69, 9.17) is 4.74 Å². The van der Waals surface area contributed by atoms with Gasteiger partial charge in [-0.15, -0.1) is 0 Å². The summed E-state index contributed by atoms with van der Waals surface area (Å²) in [7, 11) is 0. The number of hydrogen-bond donors (Lipinski definition) is 0. The van der Waals surface area contributed by atoms with Gasteiger partial charge >= 0.3 is 0 Å². The van der Waals surface area contributed by atoms with E-state index in [9.17, 15) is 4.79 Å². The number of imidazole rings is 1. The number of carbonyl (C=O) groups is 1. The first-order chi connectivity index (χ1) is 12.8. The highest BCUT2D eigenvalue weighted by Gasteiger charge is 2.19. The van der Waals surface area contributed by atoms with E-state index >= 15 is 0 Å². The third kappa shape index (κ3) is 3.63. The van der Waals surface area contributed by atoms with Crippen molar-refractivity contribution < 1.29 is 9.53 Å². The van der Waals surface area contributed by atoms with Crippen molar-refractivity contribution in [3.05, 3.63) is 60.4 Å². The fourth-order valence-electron chi connectivity index (χ4n) is 3.49. The lowest BCUT2D eigenvalue weighted by Crippen LogP contribution is -2.25. The number of carbonyl (C=O) groups excluding carboxylic acids is 1. The van der Waals surface area contributed by atoms with Crippen molar-refractivity contribution in [2.75, 3.05) is 19.6 Å². The maximum atomic E-state index is 12.9. The lowest BCUT2D eigenvalue weighted by atomic mass is 10.3. The van der Waals surface area contributed by atoms with Crippen LogP contribution in [0.5, 0.6) is 5.75 Å². The molecule has 0 unspecified atom stereocenters. The Morgan fingerprint density at radius 1 is 1.00 bits per heavy atom. The van der Waals surface area contributed by atoms with Crippen LogP contribution in [-0.2, 0) is 6.61 Å². The summed E-state index contributed by atoms with van der Waals surface area (Å²) < 4.78 is 7.57. The standard InChI is InChI=1S/C21H23N3O2/c25-21(12-15-23-13-6-7-14-23)24-19-11-5-4-10-18(19)22-20(24)16-26-17-8-2-1-3-9-17/h1-5,8-11H,6-7,12-16H2. The molecule has 2 heterocycles. The summed E-state index contributed by atoms with van der Waals surface area (Å²) >= 11 is 0. The Hall–Kier alpha value is -2.66. The number of rotatable bonds is 6. The van der Waals surface area contributed by atoms with Crippen molar-refractivity contribution in [2.45, 2.75) is 25.9 Å². The number of hydrogen-bond acceptors (Lipinski definition) is 4. The molecule has 0 aliphatic carbocycles. The van der Waals surface area contributed by atoms with Crippen LogP contribution in [0.3, 0.4) is 0 Å². The van der Waals surface area contributed by atoms with Crippen LogP contribution in [0.15, 0.2) is 54.6 Å². The first-order valence-corrected chi connectivity index (χ1v) is 9.21. The average molecular weight is 349 g/mol. The molecule has 0 radical (unpaired) electrons. The molecule has 5 heteroatoms. The molecule has 5 nitrogen and oxygen atoms in total. The van der Waals surface area contributed by atoms with Gasteiger partial charge in [0.15, 0.2) is 5.82 Å². The largest absolute Gasteiger partial charge is 0.486 e. The second-order valence-electron chi connectivity index (χ2n) is 6.65. The molecule has 1 saturated heterocycles. The molecule has 2 aromatic carbocycles. The van der Waals surface area contributed by atoms with Crippen molar-refractivity contribution in [1.82, 2.24) is 14.5 Å². The number of fused-ring (bicyclic) bond motifs is 1. The Kier molecular flexibility index (Phi) is 4.97. The fraction of sp³-hybridized carbons (Fsp3) is 0.333. The highest BCUT2D eigenvalue weighted by atomic mass is 16.5. The van der Waals surface area contributed by atoms with E-state index in [-0.39, 0.29) is 12.5 Å². The monoisotopic (exact) mass is 349 g/mol. The van der Waals surface area contributed by atoms with Crippen molar-refractivity contribution in [3.8, 4) is 5.75 Å². The first kappa shape index (κ1) is 16.8. The van der Waals surface area contributed by atoms with Crippen molar-refractivity contribution in [2.24, 2.45) is 0 Å². The number of para-hydroxylation sites is 3. The summed E-state index contributed by atoms with van der Waals surface area (Å²) in [6.45, 7) is 3.28. The van der Waals surface area contributed by atoms with Gasteiger partial charge in [-0.1, -0.05) is 30.3 Å². The van der Waals surface area contributed by atoms with Gasteiger partial charge in [0.05, 0.1) is 11.0 Å². The van der Waals surface area contributed by atoms with Gasteiger partial charge in [-0.2, -0.15) is 0 Å². The van der Waals surface area contributed by atoms with E-state index in [2.05, 4.69) is 9.88 Å². The van der Waals surface area contributed by atoms with Gasteiger partial charge < -0.3 is 9.64 Å². The zero-order chi connectivity index (χ0) is 17.8. The van der Waals surface area contributed by atoms with Crippen LogP contribution in [0.2, 0.25) is 0 Å². The van der Waals surface area contributed by atoms with Gasteiger partial charge in [0.1, 0.15) is 12.4 Å². The second-order valence-corrected chi connectivity index (χ2v) is 6.65. The summed E-state index contributed by atoms with van der Waals surface area (Å²) in [5.41, 5.74) is 1.68. The summed E-state index contributed by atoms with van der Waals surface area (Å²) in [6, 6.07) is 17.4. The highest BCUT2D eigenvalue weighted by Crippen LogP contribution is 2.19. The maximum absolute atomic E-state index is 12.9.